The van der Waals surface area contributed by atoms with Gasteiger partial charge in [-0.05, 0) is 78.5 Å². The normalized spacial score (nSPS) is 32.0. The zero-order valence-electron chi connectivity index (χ0n) is 17.2. The molecule has 5 atom stereocenters. The molecule has 0 N–H and O–H groups in total. The van der Waals surface area contributed by atoms with Crippen LogP contribution in [0.15, 0.2) is 60.7 Å². The molecule has 3 unspecified atom stereocenters. The fourth-order valence-corrected chi connectivity index (χ4v) is 11.7. The van der Waals surface area contributed by atoms with Crippen LogP contribution < -0.4 is 0 Å². The van der Waals surface area contributed by atoms with E-state index in [4.69, 9.17) is 0 Å². The van der Waals surface area contributed by atoms with Gasteiger partial charge < -0.3 is 0 Å². The topological polar surface area (TPSA) is 0 Å². The van der Waals surface area contributed by atoms with Crippen LogP contribution in [0.5, 0.6) is 0 Å². The Bertz CT molecular complexity index is 676. The number of rotatable bonds is 5. The Hall–Kier alpha value is -1.13. The van der Waals surface area contributed by atoms with Gasteiger partial charge in [-0.1, -0.05) is 94.3 Å². The van der Waals surface area contributed by atoms with Gasteiger partial charge in [-0.25, -0.2) is 0 Å². The maximum absolute atomic E-state index is 2.43. The van der Waals surface area contributed by atoms with E-state index in [9.17, 15) is 0 Å². The highest BCUT2D eigenvalue weighted by atomic mass is 31.1. The first-order valence-electron chi connectivity index (χ1n) is 11.8. The Morgan fingerprint density at radius 2 is 0.964 bits per heavy atom. The summed E-state index contributed by atoms with van der Waals surface area (Å²) in [6.07, 6.45) is 14.8. The molecule has 2 aromatic carbocycles. The van der Waals surface area contributed by atoms with Gasteiger partial charge in [0.05, 0.1) is 0 Å². The molecule has 0 saturated heterocycles. The van der Waals surface area contributed by atoms with E-state index in [2.05, 4.69) is 60.7 Å². The fraction of sp³-hybridized carbons (Fsp3) is 0.556. The molecular weight excluding hydrogens is 355 g/mol. The Morgan fingerprint density at radius 3 is 1.43 bits per heavy atom. The molecule has 28 heavy (non-hydrogen) atoms. The van der Waals surface area contributed by atoms with Crippen LogP contribution in [0.4, 0.5) is 0 Å². The molecule has 0 aliphatic heterocycles. The molecule has 0 spiro atoms. The lowest BCUT2D eigenvalue weighted by atomic mass is 9.97. The monoisotopic (exact) mass is 390 g/mol. The maximum atomic E-state index is 2.43. The maximum Gasteiger partial charge on any atom is -0.00941 e. The fourth-order valence-electron chi connectivity index (χ4n) is 6.76. The van der Waals surface area contributed by atoms with Crippen molar-refractivity contribution in [2.75, 3.05) is 0 Å². The zero-order chi connectivity index (χ0) is 18.8. The van der Waals surface area contributed by atoms with E-state index in [0.717, 1.165) is 28.8 Å². The third-order valence-corrected chi connectivity index (χ3v) is 12.1. The van der Waals surface area contributed by atoms with E-state index in [1.807, 2.05) is 0 Å². The molecule has 148 valence electrons. The smallest absolute Gasteiger partial charge is 0.00941 e. The van der Waals surface area contributed by atoms with Gasteiger partial charge >= 0.3 is 0 Å². The third kappa shape index (κ3) is 3.70. The summed E-state index contributed by atoms with van der Waals surface area (Å²) in [7, 11) is 0.110. The SMILES string of the molecule is c1ccc(C2CCC[C@H]2P(C2CCCC2)[C@H]2CCCC2c2ccccc2)cc1. The molecular formula is C27H35P. The predicted molar refractivity (Wildman–Crippen MR) is 123 cm³/mol. The van der Waals surface area contributed by atoms with E-state index in [0.29, 0.717) is 0 Å². The van der Waals surface area contributed by atoms with Crippen molar-refractivity contribution in [2.24, 2.45) is 0 Å². The lowest BCUT2D eigenvalue weighted by Gasteiger charge is -2.41. The van der Waals surface area contributed by atoms with E-state index in [1.165, 1.54) is 64.2 Å². The lowest BCUT2D eigenvalue weighted by Crippen LogP contribution is -2.26. The van der Waals surface area contributed by atoms with Gasteiger partial charge in [0, 0.05) is 0 Å². The predicted octanol–water partition coefficient (Wildman–Crippen LogP) is 8.08. The van der Waals surface area contributed by atoms with Crippen LogP contribution in [-0.2, 0) is 0 Å². The van der Waals surface area contributed by atoms with Crippen molar-refractivity contribution in [1.29, 1.82) is 0 Å². The highest BCUT2D eigenvalue weighted by Gasteiger charge is 2.46. The van der Waals surface area contributed by atoms with E-state index in [-0.39, 0.29) is 7.92 Å². The van der Waals surface area contributed by atoms with Crippen molar-refractivity contribution in [3.05, 3.63) is 71.8 Å². The van der Waals surface area contributed by atoms with E-state index < -0.39 is 0 Å². The minimum Gasteiger partial charge on any atom is -0.0959 e. The zero-order valence-corrected chi connectivity index (χ0v) is 18.1. The first kappa shape index (κ1) is 18.9. The number of hydrogen-bond acceptors (Lipinski definition) is 0. The van der Waals surface area contributed by atoms with Crippen molar-refractivity contribution in [3.63, 3.8) is 0 Å². The first-order valence-corrected chi connectivity index (χ1v) is 13.3. The standard InChI is InChI=1S/C27H35P/c1-3-11-21(12-4-1)24-17-9-19-26(24)28(23-15-7-8-16-23)27-20-10-18-25(27)22-13-5-2-6-14-22/h1-6,11-14,23-27H,7-10,15-20H2/t24?,25?,26-,27+,28?. The highest BCUT2D eigenvalue weighted by Crippen LogP contribution is 2.68. The van der Waals surface area contributed by atoms with Crippen molar-refractivity contribution < 1.29 is 0 Å². The molecule has 0 nitrogen and oxygen atoms in total. The van der Waals surface area contributed by atoms with E-state index >= 15 is 0 Å². The molecule has 0 radical (unpaired) electrons. The number of benzene rings is 2. The summed E-state index contributed by atoms with van der Waals surface area (Å²) in [6, 6.07) is 23.2. The summed E-state index contributed by atoms with van der Waals surface area (Å²) in [6.45, 7) is 0. The molecule has 3 aliphatic carbocycles. The van der Waals surface area contributed by atoms with Crippen LogP contribution in [0.2, 0.25) is 0 Å². The molecule has 5 rings (SSSR count). The summed E-state index contributed by atoms with van der Waals surface area (Å²) in [5.74, 6) is 1.68. The molecule has 0 aromatic heterocycles. The molecule has 3 aliphatic rings. The average molecular weight is 391 g/mol. The number of hydrogen-bond donors (Lipinski definition) is 0. The first-order chi connectivity index (χ1) is 13.9. The van der Waals surface area contributed by atoms with Gasteiger partial charge in [0.1, 0.15) is 0 Å². The minimum absolute atomic E-state index is 0.110. The van der Waals surface area contributed by atoms with Crippen molar-refractivity contribution in [2.45, 2.75) is 93.0 Å². The minimum atomic E-state index is 0.110. The summed E-state index contributed by atoms with van der Waals surface area (Å²) in [5.41, 5.74) is 6.30. The van der Waals surface area contributed by atoms with Crippen LogP contribution >= 0.6 is 7.92 Å². The van der Waals surface area contributed by atoms with Gasteiger partial charge in [0.25, 0.3) is 0 Å². The summed E-state index contributed by atoms with van der Waals surface area (Å²) in [5, 5.41) is 0. The second-order valence-corrected chi connectivity index (χ2v) is 12.4. The van der Waals surface area contributed by atoms with Gasteiger partial charge in [0.15, 0.2) is 0 Å². The lowest BCUT2D eigenvalue weighted by molar-refractivity contribution is 0.676. The van der Waals surface area contributed by atoms with Gasteiger partial charge in [0.2, 0.25) is 0 Å². The van der Waals surface area contributed by atoms with Crippen LogP contribution in [0, 0.1) is 0 Å². The van der Waals surface area contributed by atoms with Gasteiger partial charge in [-0.2, -0.15) is 0 Å². The summed E-state index contributed by atoms with van der Waals surface area (Å²) < 4.78 is 0. The molecule has 3 saturated carbocycles. The Kier molecular flexibility index (Phi) is 5.87. The molecule has 0 amide bonds. The molecule has 3 fully saturated rings. The molecule has 2 aromatic rings. The Balaban J connectivity index is 1.48. The van der Waals surface area contributed by atoms with Gasteiger partial charge in [-0.15, -0.1) is 0 Å². The quantitative estimate of drug-likeness (QED) is 0.453. The van der Waals surface area contributed by atoms with Crippen molar-refractivity contribution >= 4 is 7.92 Å². The average Bonchev–Trinajstić information content (AvgIpc) is 3.53. The van der Waals surface area contributed by atoms with Crippen molar-refractivity contribution in [3.8, 4) is 0 Å². The Morgan fingerprint density at radius 1 is 0.500 bits per heavy atom. The second kappa shape index (κ2) is 8.71. The molecule has 0 heterocycles. The molecule has 0 bridgehead atoms. The summed E-state index contributed by atoms with van der Waals surface area (Å²) in [4.78, 5) is 0. The second-order valence-electron chi connectivity index (χ2n) is 9.42. The largest absolute Gasteiger partial charge is 0.0959 e. The van der Waals surface area contributed by atoms with Crippen LogP contribution in [0.3, 0.4) is 0 Å². The van der Waals surface area contributed by atoms with Gasteiger partial charge in [-0.3, -0.25) is 0 Å². The van der Waals surface area contributed by atoms with Crippen LogP contribution in [0.1, 0.15) is 87.2 Å². The van der Waals surface area contributed by atoms with Crippen LogP contribution in [-0.4, -0.2) is 17.0 Å². The summed E-state index contributed by atoms with van der Waals surface area (Å²) >= 11 is 0. The molecule has 1 heteroatoms. The van der Waals surface area contributed by atoms with Crippen LogP contribution in [0.25, 0.3) is 0 Å². The highest BCUT2D eigenvalue weighted by molar-refractivity contribution is 7.60. The van der Waals surface area contributed by atoms with E-state index in [1.54, 1.807) is 11.1 Å². The third-order valence-electron chi connectivity index (χ3n) is 7.93. The Labute approximate surface area is 172 Å². The van der Waals surface area contributed by atoms with Crippen molar-refractivity contribution in [1.82, 2.24) is 0 Å².